The molecule has 3 heterocycles. The molecule has 0 aromatic carbocycles. The van der Waals surface area contributed by atoms with E-state index in [0.29, 0.717) is 6.54 Å². The zero-order valence-corrected chi connectivity index (χ0v) is 9.76. The fraction of sp³-hybridized carbons (Fsp3) is 0.385. The summed E-state index contributed by atoms with van der Waals surface area (Å²) >= 11 is 0. The third kappa shape index (κ3) is 1.74. The minimum Gasteiger partial charge on any atom is -0.330 e. The van der Waals surface area contributed by atoms with Gasteiger partial charge in [-0.1, -0.05) is 6.07 Å². The first-order valence-electron chi connectivity index (χ1n) is 6.10. The maximum Gasteiger partial charge on any atom is 0.123 e. The van der Waals surface area contributed by atoms with E-state index >= 15 is 0 Å². The first kappa shape index (κ1) is 10.5. The van der Waals surface area contributed by atoms with E-state index < -0.39 is 0 Å². The summed E-state index contributed by atoms with van der Waals surface area (Å²) in [5.74, 6) is 0.986. The molecule has 0 aliphatic carbocycles. The van der Waals surface area contributed by atoms with Gasteiger partial charge in [-0.15, -0.1) is 0 Å². The molecule has 1 aliphatic heterocycles. The number of imidazole rings is 1. The second-order valence-corrected chi connectivity index (χ2v) is 4.35. The molecule has 0 amide bonds. The standard InChI is InChI=1S/C13H16N4/c14-9-12-16-13(10-5-1-3-7-15-10)11-6-2-4-8-17(11)12/h1,3,5,7H,2,4,6,8-9,14H2. The van der Waals surface area contributed by atoms with Crippen LogP contribution in [0.25, 0.3) is 11.4 Å². The van der Waals surface area contributed by atoms with Gasteiger partial charge in [-0.3, -0.25) is 4.98 Å². The van der Waals surface area contributed by atoms with Crippen LogP contribution in [0.1, 0.15) is 24.4 Å². The van der Waals surface area contributed by atoms with E-state index in [9.17, 15) is 0 Å². The molecule has 0 atom stereocenters. The Kier molecular flexibility index (Phi) is 2.65. The normalized spacial score (nSPS) is 14.6. The summed E-state index contributed by atoms with van der Waals surface area (Å²) in [4.78, 5) is 9.04. The van der Waals surface area contributed by atoms with E-state index in [0.717, 1.165) is 30.2 Å². The Labute approximate surface area is 101 Å². The Hall–Kier alpha value is -1.68. The van der Waals surface area contributed by atoms with Gasteiger partial charge < -0.3 is 10.3 Å². The summed E-state index contributed by atoms with van der Waals surface area (Å²) in [7, 11) is 0. The second kappa shape index (κ2) is 4.30. The van der Waals surface area contributed by atoms with Crippen molar-refractivity contribution in [2.75, 3.05) is 0 Å². The van der Waals surface area contributed by atoms with Crippen LogP contribution < -0.4 is 5.73 Å². The van der Waals surface area contributed by atoms with E-state index in [2.05, 4.69) is 14.5 Å². The maximum atomic E-state index is 5.76. The molecular formula is C13H16N4. The van der Waals surface area contributed by atoms with Gasteiger partial charge in [-0.05, 0) is 31.4 Å². The lowest BCUT2D eigenvalue weighted by Gasteiger charge is -2.16. The highest BCUT2D eigenvalue weighted by Gasteiger charge is 2.20. The van der Waals surface area contributed by atoms with Crippen LogP contribution in [0, 0.1) is 0 Å². The summed E-state index contributed by atoms with van der Waals surface area (Å²) in [6.45, 7) is 1.54. The zero-order chi connectivity index (χ0) is 11.7. The first-order chi connectivity index (χ1) is 8.40. The van der Waals surface area contributed by atoms with Crippen molar-refractivity contribution in [3.8, 4) is 11.4 Å². The van der Waals surface area contributed by atoms with E-state index in [1.807, 2.05) is 24.4 Å². The number of rotatable bonds is 2. The van der Waals surface area contributed by atoms with Crippen LogP contribution in [0.3, 0.4) is 0 Å². The second-order valence-electron chi connectivity index (χ2n) is 4.35. The van der Waals surface area contributed by atoms with Crippen molar-refractivity contribution in [2.24, 2.45) is 5.73 Å². The predicted octanol–water partition coefficient (Wildman–Crippen LogP) is 1.74. The minimum absolute atomic E-state index is 0.500. The summed E-state index contributed by atoms with van der Waals surface area (Å²) < 4.78 is 2.27. The van der Waals surface area contributed by atoms with Gasteiger partial charge in [0, 0.05) is 18.4 Å². The Morgan fingerprint density at radius 2 is 2.24 bits per heavy atom. The molecule has 2 aromatic rings. The van der Waals surface area contributed by atoms with Gasteiger partial charge >= 0.3 is 0 Å². The van der Waals surface area contributed by atoms with Gasteiger partial charge in [-0.2, -0.15) is 0 Å². The Morgan fingerprint density at radius 1 is 1.29 bits per heavy atom. The molecule has 2 N–H and O–H groups in total. The molecule has 0 unspecified atom stereocenters. The van der Waals surface area contributed by atoms with Crippen LogP contribution in [0.5, 0.6) is 0 Å². The SMILES string of the molecule is NCc1nc(-c2ccccn2)c2n1CCCC2. The van der Waals surface area contributed by atoms with Crippen LogP contribution in [0.2, 0.25) is 0 Å². The van der Waals surface area contributed by atoms with E-state index in [1.54, 1.807) is 0 Å². The first-order valence-corrected chi connectivity index (χ1v) is 6.10. The summed E-state index contributed by atoms with van der Waals surface area (Å²) in [6.07, 6.45) is 5.35. The number of pyridine rings is 1. The molecule has 0 bridgehead atoms. The Bertz CT molecular complexity index is 516. The van der Waals surface area contributed by atoms with Gasteiger partial charge in [0.25, 0.3) is 0 Å². The van der Waals surface area contributed by atoms with Crippen LogP contribution in [-0.2, 0) is 19.5 Å². The Morgan fingerprint density at radius 3 is 3.00 bits per heavy atom. The molecule has 2 aromatic heterocycles. The molecule has 4 heteroatoms. The smallest absolute Gasteiger partial charge is 0.123 e. The highest BCUT2D eigenvalue weighted by molar-refractivity contribution is 5.58. The fourth-order valence-electron chi connectivity index (χ4n) is 2.48. The van der Waals surface area contributed by atoms with E-state index in [1.165, 1.54) is 18.5 Å². The average molecular weight is 228 g/mol. The maximum absolute atomic E-state index is 5.76. The van der Waals surface area contributed by atoms with Crippen molar-refractivity contribution in [3.05, 3.63) is 35.9 Å². The van der Waals surface area contributed by atoms with Crippen molar-refractivity contribution in [2.45, 2.75) is 32.4 Å². The van der Waals surface area contributed by atoms with Crippen molar-refractivity contribution < 1.29 is 0 Å². The molecule has 3 rings (SSSR count). The third-order valence-electron chi connectivity index (χ3n) is 3.29. The minimum atomic E-state index is 0.500. The number of hydrogen-bond acceptors (Lipinski definition) is 3. The van der Waals surface area contributed by atoms with Crippen molar-refractivity contribution in [3.63, 3.8) is 0 Å². The van der Waals surface area contributed by atoms with Crippen LogP contribution >= 0.6 is 0 Å². The number of fused-ring (bicyclic) bond motifs is 1. The molecule has 1 aliphatic rings. The van der Waals surface area contributed by atoms with Crippen molar-refractivity contribution >= 4 is 0 Å². The molecule has 0 saturated heterocycles. The third-order valence-corrected chi connectivity index (χ3v) is 3.29. The zero-order valence-electron chi connectivity index (χ0n) is 9.76. The quantitative estimate of drug-likeness (QED) is 0.851. The largest absolute Gasteiger partial charge is 0.330 e. The molecule has 88 valence electrons. The topological polar surface area (TPSA) is 56.7 Å². The molecule has 0 radical (unpaired) electrons. The number of aromatic nitrogens is 3. The molecule has 0 fully saturated rings. The number of nitrogens with two attached hydrogens (primary N) is 1. The van der Waals surface area contributed by atoms with Gasteiger partial charge in [-0.25, -0.2) is 4.98 Å². The predicted molar refractivity (Wildman–Crippen MR) is 66.3 cm³/mol. The Balaban J connectivity index is 2.14. The average Bonchev–Trinajstić information content (AvgIpc) is 2.78. The molecule has 4 nitrogen and oxygen atoms in total. The summed E-state index contributed by atoms with van der Waals surface area (Å²) in [5, 5.41) is 0. The van der Waals surface area contributed by atoms with Gasteiger partial charge in [0.15, 0.2) is 0 Å². The lowest BCUT2D eigenvalue weighted by molar-refractivity contribution is 0.515. The lowest BCUT2D eigenvalue weighted by atomic mass is 10.1. The van der Waals surface area contributed by atoms with Crippen molar-refractivity contribution in [1.82, 2.24) is 14.5 Å². The van der Waals surface area contributed by atoms with Crippen molar-refractivity contribution in [1.29, 1.82) is 0 Å². The number of hydrogen-bond donors (Lipinski definition) is 1. The highest BCUT2D eigenvalue weighted by atomic mass is 15.1. The van der Waals surface area contributed by atoms with Gasteiger partial charge in [0.2, 0.25) is 0 Å². The molecule has 17 heavy (non-hydrogen) atoms. The summed E-state index contributed by atoms with van der Waals surface area (Å²) in [5.41, 5.74) is 9.04. The lowest BCUT2D eigenvalue weighted by Crippen LogP contribution is -2.15. The fourth-order valence-corrected chi connectivity index (χ4v) is 2.48. The van der Waals surface area contributed by atoms with Crippen LogP contribution in [0.15, 0.2) is 24.4 Å². The highest BCUT2D eigenvalue weighted by Crippen LogP contribution is 2.27. The van der Waals surface area contributed by atoms with Gasteiger partial charge in [0.05, 0.1) is 12.2 Å². The molecule has 0 spiro atoms. The van der Waals surface area contributed by atoms with Gasteiger partial charge in [0.1, 0.15) is 11.5 Å². The van der Waals surface area contributed by atoms with E-state index in [4.69, 9.17) is 5.73 Å². The van der Waals surface area contributed by atoms with Crippen LogP contribution in [0.4, 0.5) is 0 Å². The monoisotopic (exact) mass is 228 g/mol. The molecular weight excluding hydrogens is 212 g/mol. The number of nitrogens with zero attached hydrogens (tertiary/aromatic N) is 3. The van der Waals surface area contributed by atoms with E-state index in [-0.39, 0.29) is 0 Å². The van der Waals surface area contributed by atoms with Crippen LogP contribution in [-0.4, -0.2) is 14.5 Å². The summed E-state index contributed by atoms with van der Waals surface area (Å²) in [6, 6.07) is 5.94. The molecule has 0 saturated carbocycles.